The average molecular weight is 705 g/mol. The van der Waals surface area contributed by atoms with E-state index in [1.807, 2.05) is 0 Å². The van der Waals surface area contributed by atoms with Crippen LogP contribution in [0.2, 0.25) is 3.34 Å². The van der Waals surface area contributed by atoms with Crippen molar-refractivity contribution in [1.29, 1.82) is 0 Å². The zero-order valence-electron chi connectivity index (χ0n) is 28.7. The normalized spacial score (nSPS) is 14.1. The second-order valence-corrected chi connectivity index (χ2v) is 18.8. The maximum absolute atomic E-state index is 2.85. The zero-order chi connectivity index (χ0) is 30.6. The standard InChI is InChI=1S/C36H48N3Si.3ClH.Ti/c1-23-14-30(37(8)9)20-33(17-23)40(36-28(6)26(4)27(5)29(36)7,34-18-24(2)15-31(21-34)38(10)11)35-19-25(3)16-32(22-35)39(12)13;;;;/h14-22H,1-13H3;3*1H;/q;;;;+3/p-3. The van der Waals surface area contributed by atoms with Gasteiger partial charge in [-0.1, -0.05) is 0 Å². The van der Waals surface area contributed by atoms with E-state index in [0.29, 0.717) is 0 Å². The van der Waals surface area contributed by atoms with Crippen molar-refractivity contribution in [2.45, 2.75) is 51.8 Å². The Morgan fingerprint density at radius 3 is 0.932 bits per heavy atom. The van der Waals surface area contributed by atoms with Crippen LogP contribution in [-0.4, -0.2) is 50.4 Å². The fraction of sp³-hybridized carbons (Fsp3) is 0.389. The van der Waals surface area contributed by atoms with Crippen molar-refractivity contribution in [3.05, 3.63) is 93.6 Å². The second-order valence-electron chi connectivity index (χ2n) is 12.9. The van der Waals surface area contributed by atoms with Crippen molar-refractivity contribution in [1.82, 2.24) is 0 Å². The predicted molar refractivity (Wildman–Crippen MR) is 181 cm³/mol. The Morgan fingerprint density at radius 1 is 0.455 bits per heavy atom. The van der Waals surface area contributed by atoms with E-state index in [2.05, 4.69) is 180 Å². The van der Waals surface area contributed by atoms with E-state index in [1.54, 1.807) is 0 Å². The van der Waals surface area contributed by atoms with Crippen LogP contribution < -0.4 is 67.5 Å². The molecule has 1 aliphatic carbocycles. The van der Waals surface area contributed by atoms with Crippen LogP contribution in [0.4, 0.5) is 17.1 Å². The third-order valence-corrected chi connectivity index (χ3v) is 17.7. The van der Waals surface area contributed by atoms with Crippen LogP contribution in [0.3, 0.4) is 0 Å². The molecule has 0 heterocycles. The third kappa shape index (κ3) is 6.59. The van der Waals surface area contributed by atoms with Crippen LogP contribution in [0.5, 0.6) is 0 Å². The number of anilines is 3. The minimum atomic E-state index is -2.85. The summed E-state index contributed by atoms with van der Waals surface area (Å²) >= 11 is 2.57. The molecule has 236 valence electrons. The number of benzene rings is 3. The Bertz CT molecular complexity index is 1410. The van der Waals surface area contributed by atoms with Gasteiger partial charge in [0.25, 0.3) is 0 Å². The molecule has 0 amide bonds. The number of halogens is 3. The molecule has 0 aliphatic heterocycles. The summed E-state index contributed by atoms with van der Waals surface area (Å²) in [5.41, 5.74) is 13.6. The van der Waals surface area contributed by atoms with E-state index in [-0.39, 0.29) is 40.6 Å². The smallest absolute Gasteiger partial charge is 1.00 e. The number of hydrogen-bond donors (Lipinski definition) is 0. The Balaban J connectivity index is 0.00000323. The van der Waals surface area contributed by atoms with Crippen molar-refractivity contribution in [3.63, 3.8) is 0 Å². The molecule has 3 aromatic carbocycles. The summed E-state index contributed by atoms with van der Waals surface area (Å²) in [4.78, 5) is 6.78. The Kier molecular flexibility index (Phi) is 13.6. The molecule has 0 saturated heterocycles. The van der Waals surface area contributed by atoms with Gasteiger partial charge >= 0.3 is 264 Å². The Morgan fingerprint density at radius 2 is 0.705 bits per heavy atom. The molecule has 0 unspecified atom stereocenters. The van der Waals surface area contributed by atoms with Crippen LogP contribution in [0, 0.1) is 20.8 Å². The number of rotatable bonds is 7. The summed E-state index contributed by atoms with van der Waals surface area (Å²) in [6, 6.07) is 22.0. The van der Waals surface area contributed by atoms with Crippen LogP contribution in [0.25, 0.3) is 0 Å². The number of allylic oxidation sites excluding steroid dienone is 4. The van der Waals surface area contributed by atoms with E-state index in [0.717, 1.165) is 0 Å². The summed E-state index contributed by atoms with van der Waals surface area (Å²) in [5.74, 6) is 0. The molecular weight excluding hydrogens is 657 g/mol. The van der Waals surface area contributed by atoms with Crippen LogP contribution in [-0.2, 0) is 20.4 Å². The number of aryl methyl sites for hydroxylation is 3. The van der Waals surface area contributed by atoms with Gasteiger partial charge in [-0.25, -0.2) is 0 Å². The van der Waals surface area contributed by atoms with Crippen molar-refractivity contribution in [2.24, 2.45) is 0 Å². The fourth-order valence-electron chi connectivity index (χ4n) is 6.83. The maximum atomic E-state index is 2.57. The molecule has 3 nitrogen and oxygen atoms in total. The summed E-state index contributed by atoms with van der Waals surface area (Å²) in [6.07, 6.45) is 0. The predicted octanol–water partition coefficient (Wildman–Crippen LogP) is -2.78. The monoisotopic (exact) mass is 703 g/mol. The van der Waals surface area contributed by atoms with Crippen molar-refractivity contribution < 1.29 is 57.7 Å². The fourth-order valence-corrected chi connectivity index (χ4v) is 15.7. The van der Waals surface area contributed by atoms with Gasteiger partial charge in [-0.05, 0) is 0 Å². The first kappa shape index (κ1) is 40.4. The van der Waals surface area contributed by atoms with E-state index < -0.39 is 8.07 Å². The van der Waals surface area contributed by atoms with Gasteiger partial charge in [0.1, 0.15) is 0 Å². The van der Waals surface area contributed by atoms with Crippen molar-refractivity contribution >= 4 is 40.7 Å². The van der Waals surface area contributed by atoms with Gasteiger partial charge in [-0.2, -0.15) is 0 Å². The first-order chi connectivity index (χ1) is 19.0. The van der Waals surface area contributed by atoms with E-state index in [9.17, 15) is 0 Å². The molecule has 0 radical (unpaired) electrons. The molecule has 0 aromatic heterocycles. The molecule has 0 spiro atoms. The summed E-state index contributed by atoms with van der Waals surface area (Å²) < 4.78 is -0.159. The van der Waals surface area contributed by atoms with Gasteiger partial charge in [0, 0.05) is 0 Å². The van der Waals surface area contributed by atoms with E-state index in [1.165, 1.54) is 71.6 Å². The summed E-state index contributed by atoms with van der Waals surface area (Å²) in [5, 5.41) is 4.40. The molecule has 0 N–H and O–H groups in total. The molecule has 0 fully saturated rings. The quantitative estimate of drug-likeness (QED) is 0.195. The molecule has 3 aromatic rings. The minimum absolute atomic E-state index is 0. The summed E-state index contributed by atoms with van der Waals surface area (Å²) in [7, 11) is 10.1. The van der Waals surface area contributed by atoms with Gasteiger partial charge in [-0.15, -0.1) is 0 Å². The molecule has 1 aliphatic rings. The van der Waals surface area contributed by atoms with Gasteiger partial charge in [0.15, 0.2) is 0 Å². The summed E-state index contributed by atoms with van der Waals surface area (Å²) in [6.45, 7) is 16.3. The second kappa shape index (κ2) is 14.8. The van der Waals surface area contributed by atoms with Crippen LogP contribution >= 0.6 is 0 Å². The Labute approximate surface area is 298 Å². The topological polar surface area (TPSA) is 9.72 Å². The average Bonchev–Trinajstić information content (AvgIpc) is 3.04. The van der Waals surface area contributed by atoms with Gasteiger partial charge in [-0.3, -0.25) is 0 Å². The zero-order valence-corrected chi connectivity index (χ0v) is 33.5. The van der Waals surface area contributed by atoms with Crippen LogP contribution in [0.15, 0.2) is 76.9 Å². The Hall–Kier alpha value is -1.66. The molecule has 44 heavy (non-hydrogen) atoms. The first-order valence-electron chi connectivity index (χ1n) is 14.6. The molecule has 8 heteroatoms. The molecular formula is C36H48Cl3N3SiTi. The van der Waals surface area contributed by atoms with E-state index in [4.69, 9.17) is 0 Å². The number of nitrogens with zero attached hydrogens (tertiary/aromatic N) is 3. The largest absolute Gasteiger partial charge is 1.00 e. The molecule has 4 rings (SSSR count). The first-order valence-corrected chi connectivity index (χ1v) is 17.3. The molecule has 0 saturated carbocycles. The van der Waals surface area contributed by atoms with Gasteiger partial charge in [0.2, 0.25) is 0 Å². The van der Waals surface area contributed by atoms with Crippen molar-refractivity contribution in [2.75, 3.05) is 57.0 Å². The van der Waals surface area contributed by atoms with Gasteiger partial charge in [0.05, 0.1) is 0 Å². The minimum Gasteiger partial charge on any atom is -1.00 e. The van der Waals surface area contributed by atoms with E-state index >= 15 is 0 Å². The SMILES string of the molecule is CC1=C(C)[C]([Ti+3])([Si](c2cc(C)cc(N(C)C)c2)(c2cc(C)cc(N(C)C)c2)c2cc(C)cc(N(C)C)c2)C(C)=C1C.[Cl-].[Cl-].[Cl-]. The molecule has 0 bridgehead atoms. The number of hydrogen-bond acceptors (Lipinski definition) is 3. The van der Waals surface area contributed by atoms with Gasteiger partial charge < -0.3 is 37.2 Å². The maximum Gasteiger partial charge on any atom is -1.00 e. The van der Waals surface area contributed by atoms with Crippen LogP contribution in [0.1, 0.15) is 44.4 Å². The third-order valence-electron chi connectivity index (χ3n) is 9.41. The van der Waals surface area contributed by atoms with Crippen molar-refractivity contribution in [3.8, 4) is 0 Å². The molecule has 0 atom stereocenters.